The first-order chi connectivity index (χ1) is 12.2. The summed E-state index contributed by atoms with van der Waals surface area (Å²) < 4.78 is 62.8. The Hall–Kier alpha value is -1.81. The van der Waals surface area contributed by atoms with Crippen molar-refractivity contribution < 1.29 is 21.6 Å². The molecule has 1 aromatic carbocycles. The van der Waals surface area contributed by atoms with Gasteiger partial charge in [0.15, 0.2) is 5.96 Å². The molecule has 0 saturated carbocycles. The molecule has 1 fully saturated rings. The molecule has 26 heavy (non-hydrogen) atoms. The fraction of sp³-hybridized carbons (Fsp3) is 0.562. The van der Waals surface area contributed by atoms with Gasteiger partial charge in [-0.05, 0) is 30.5 Å². The van der Waals surface area contributed by atoms with E-state index in [1.807, 2.05) is 0 Å². The number of hydrogen-bond acceptors (Lipinski definition) is 3. The lowest BCUT2D eigenvalue weighted by Crippen LogP contribution is -2.38. The maximum absolute atomic E-state index is 12.4. The van der Waals surface area contributed by atoms with E-state index >= 15 is 0 Å². The summed E-state index contributed by atoms with van der Waals surface area (Å²) in [6, 6.07) is 6.45. The van der Waals surface area contributed by atoms with Gasteiger partial charge >= 0.3 is 6.18 Å². The van der Waals surface area contributed by atoms with E-state index < -0.39 is 22.6 Å². The molecule has 0 atom stereocenters. The second-order valence-electron chi connectivity index (χ2n) is 5.97. The Bertz CT molecular complexity index is 712. The van der Waals surface area contributed by atoms with Crippen LogP contribution in [0.2, 0.25) is 0 Å². The van der Waals surface area contributed by atoms with Crippen molar-refractivity contribution in [2.24, 2.45) is 4.99 Å². The van der Waals surface area contributed by atoms with Crippen molar-refractivity contribution in [3.8, 4) is 0 Å². The molecule has 10 heteroatoms. The Morgan fingerprint density at radius 3 is 2.31 bits per heavy atom. The van der Waals surface area contributed by atoms with Gasteiger partial charge in [-0.25, -0.2) is 8.42 Å². The van der Waals surface area contributed by atoms with Crippen molar-refractivity contribution in [1.29, 1.82) is 0 Å². The molecular weight excluding hydrogens is 369 g/mol. The predicted molar refractivity (Wildman–Crippen MR) is 93.3 cm³/mol. The molecule has 146 valence electrons. The third kappa shape index (κ3) is 5.87. The maximum Gasteiger partial charge on any atom is 0.390 e. The van der Waals surface area contributed by atoms with E-state index in [0.29, 0.717) is 19.6 Å². The van der Waals surface area contributed by atoms with Gasteiger partial charge in [0.05, 0.1) is 11.3 Å². The number of nitrogens with zero attached hydrogens (tertiary/aromatic N) is 2. The number of sulfonamides is 1. The van der Waals surface area contributed by atoms with Gasteiger partial charge in [0.2, 0.25) is 10.0 Å². The lowest BCUT2D eigenvalue weighted by atomic mass is 10.2. The lowest BCUT2D eigenvalue weighted by molar-refractivity contribution is -0.132. The highest BCUT2D eigenvalue weighted by molar-refractivity contribution is 7.89. The van der Waals surface area contributed by atoms with Crippen LogP contribution in [0.25, 0.3) is 0 Å². The average molecular weight is 392 g/mol. The molecule has 0 amide bonds. The number of rotatable bonds is 6. The molecule has 0 unspecified atom stereocenters. The Kier molecular flexibility index (Phi) is 6.87. The van der Waals surface area contributed by atoms with Crippen LogP contribution in [-0.2, 0) is 16.6 Å². The molecule has 0 spiro atoms. The molecule has 6 nitrogen and oxygen atoms in total. The van der Waals surface area contributed by atoms with Crippen LogP contribution >= 0.6 is 0 Å². The minimum atomic E-state index is -4.22. The molecule has 1 aliphatic rings. The molecule has 2 N–H and O–H groups in total. The lowest BCUT2D eigenvalue weighted by Gasteiger charge is -2.16. The van der Waals surface area contributed by atoms with Crippen molar-refractivity contribution in [3.05, 3.63) is 29.8 Å². The summed E-state index contributed by atoms with van der Waals surface area (Å²) in [6.45, 7) is 1.14. The Balaban J connectivity index is 1.88. The standard InChI is InChI=1S/C16H23F3N4O2S/c1-20-15(21-9-8-16(17,18)19)22-12-13-4-6-14(7-5-13)26(24,25)23-10-2-3-11-23/h4-7H,2-3,8-12H2,1H3,(H2,20,21,22). The first kappa shape index (κ1) is 20.5. The third-order valence-corrected chi connectivity index (χ3v) is 5.92. The summed E-state index contributed by atoms with van der Waals surface area (Å²) >= 11 is 0. The average Bonchev–Trinajstić information content (AvgIpc) is 3.12. The molecule has 1 aliphatic heterocycles. The van der Waals surface area contributed by atoms with Gasteiger partial charge in [0, 0.05) is 33.2 Å². The molecule has 0 aliphatic carbocycles. The molecule has 0 radical (unpaired) electrons. The van der Waals surface area contributed by atoms with Gasteiger partial charge in [-0.15, -0.1) is 0 Å². The summed E-state index contributed by atoms with van der Waals surface area (Å²) in [4.78, 5) is 4.10. The van der Waals surface area contributed by atoms with E-state index in [4.69, 9.17) is 0 Å². The van der Waals surface area contributed by atoms with Crippen LogP contribution in [0.3, 0.4) is 0 Å². The fourth-order valence-corrected chi connectivity index (χ4v) is 4.10. The number of halogens is 3. The van der Waals surface area contributed by atoms with Gasteiger partial charge in [-0.2, -0.15) is 17.5 Å². The van der Waals surface area contributed by atoms with E-state index in [1.54, 1.807) is 24.3 Å². The van der Waals surface area contributed by atoms with Gasteiger partial charge in [0.25, 0.3) is 0 Å². The SMILES string of the molecule is CN=C(NCCC(F)(F)F)NCc1ccc(S(=O)(=O)N2CCCC2)cc1. The molecular formula is C16H23F3N4O2S. The Morgan fingerprint density at radius 2 is 1.77 bits per heavy atom. The molecule has 1 saturated heterocycles. The van der Waals surface area contributed by atoms with Crippen molar-refractivity contribution in [3.63, 3.8) is 0 Å². The van der Waals surface area contributed by atoms with E-state index in [-0.39, 0.29) is 17.4 Å². The summed E-state index contributed by atoms with van der Waals surface area (Å²) in [6.07, 6.45) is -3.41. The van der Waals surface area contributed by atoms with Gasteiger partial charge in [-0.1, -0.05) is 12.1 Å². The van der Waals surface area contributed by atoms with Crippen LogP contribution in [0.4, 0.5) is 13.2 Å². The second kappa shape index (κ2) is 8.72. The fourth-order valence-electron chi connectivity index (χ4n) is 2.59. The van der Waals surface area contributed by atoms with Crippen LogP contribution in [0.5, 0.6) is 0 Å². The zero-order chi connectivity index (χ0) is 19.2. The predicted octanol–water partition coefficient (Wildman–Crippen LogP) is 2.09. The minimum absolute atomic E-state index is 0.246. The first-order valence-corrected chi connectivity index (χ1v) is 9.77. The topological polar surface area (TPSA) is 73.8 Å². The van der Waals surface area contributed by atoms with E-state index in [0.717, 1.165) is 18.4 Å². The number of guanidine groups is 1. The zero-order valence-electron chi connectivity index (χ0n) is 14.5. The smallest absolute Gasteiger partial charge is 0.356 e. The highest BCUT2D eigenvalue weighted by atomic mass is 32.2. The van der Waals surface area contributed by atoms with Crippen molar-refractivity contribution in [1.82, 2.24) is 14.9 Å². The van der Waals surface area contributed by atoms with Crippen LogP contribution in [0, 0.1) is 0 Å². The van der Waals surface area contributed by atoms with Crippen molar-refractivity contribution in [2.45, 2.75) is 36.9 Å². The zero-order valence-corrected chi connectivity index (χ0v) is 15.3. The number of nitrogens with one attached hydrogen (secondary N) is 2. The van der Waals surface area contributed by atoms with E-state index in [1.165, 1.54) is 11.4 Å². The molecule has 1 aromatic rings. The van der Waals surface area contributed by atoms with E-state index in [9.17, 15) is 21.6 Å². The van der Waals surface area contributed by atoms with Crippen LogP contribution in [-0.4, -0.2) is 51.5 Å². The Morgan fingerprint density at radius 1 is 1.15 bits per heavy atom. The quantitative estimate of drug-likeness (QED) is 0.574. The van der Waals surface area contributed by atoms with Crippen LogP contribution < -0.4 is 10.6 Å². The monoisotopic (exact) mass is 392 g/mol. The minimum Gasteiger partial charge on any atom is -0.356 e. The van der Waals surface area contributed by atoms with Crippen molar-refractivity contribution in [2.75, 3.05) is 26.7 Å². The normalized spacial score (nSPS) is 16.7. The van der Waals surface area contributed by atoms with E-state index in [2.05, 4.69) is 15.6 Å². The highest BCUT2D eigenvalue weighted by Gasteiger charge is 2.27. The van der Waals surface area contributed by atoms with Crippen LogP contribution in [0.15, 0.2) is 34.2 Å². The Labute approximate surface area is 151 Å². The number of aliphatic imine (C=N–C) groups is 1. The summed E-state index contributed by atoms with van der Waals surface area (Å²) in [7, 11) is -1.98. The third-order valence-electron chi connectivity index (χ3n) is 4.01. The summed E-state index contributed by atoms with van der Waals surface area (Å²) in [5.74, 6) is 0.253. The van der Waals surface area contributed by atoms with Gasteiger partial charge in [-0.3, -0.25) is 4.99 Å². The maximum atomic E-state index is 12.4. The van der Waals surface area contributed by atoms with Crippen LogP contribution in [0.1, 0.15) is 24.8 Å². The first-order valence-electron chi connectivity index (χ1n) is 8.33. The van der Waals surface area contributed by atoms with Gasteiger partial charge in [0.1, 0.15) is 0 Å². The number of benzene rings is 1. The second-order valence-corrected chi connectivity index (χ2v) is 7.91. The molecule has 0 bridgehead atoms. The summed E-state index contributed by atoms with van der Waals surface area (Å²) in [5.41, 5.74) is 0.796. The number of hydrogen-bond donors (Lipinski definition) is 2. The molecule has 0 aromatic heterocycles. The van der Waals surface area contributed by atoms with Crippen molar-refractivity contribution >= 4 is 16.0 Å². The molecule has 2 rings (SSSR count). The highest BCUT2D eigenvalue weighted by Crippen LogP contribution is 2.21. The molecule has 1 heterocycles. The summed E-state index contributed by atoms with van der Waals surface area (Å²) in [5, 5.41) is 5.48. The largest absolute Gasteiger partial charge is 0.390 e. The number of alkyl halides is 3. The van der Waals surface area contributed by atoms with Gasteiger partial charge < -0.3 is 10.6 Å².